The van der Waals surface area contributed by atoms with Crippen LogP contribution in [0.4, 0.5) is 0 Å². The van der Waals surface area contributed by atoms with Gasteiger partial charge in [0.2, 0.25) is 0 Å². The van der Waals surface area contributed by atoms with E-state index in [0.29, 0.717) is 41.9 Å². The normalized spacial score (nSPS) is 11.8. The maximum atomic E-state index is 13.9. The number of nitrogens with zero attached hydrogens (tertiary/aromatic N) is 2. The second kappa shape index (κ2) is 11.7. The van der Waals surface area contributed by atoms with E-state index in [-0.39, 0.29) is 4.90 Å². The monoisotopic (exact) mass is 534 g/mol. The number of fused-ring (bicyclic) bond motifs is 1. The molecule has 0 spiro atoms. The van der Waals surface area contributed by atoms with Gasteiger partial charge in [0.1, 0.15) is 5.75 Å². The molecule has 2 aromatic carbocycles. The highest BCUT2D eigenvalue weighted by Crippen LogP contribution is 2.34. The third kappa shape index (κ3) is 4.97. The van der Waals surface area contributed by atoms with Crippen molar-refractivity contribution >= 4 is 33.0 Å². The van der Waals surface area contributed by atoms with Crippen LogP contribution in [0.5, 0.6) is 5.75 Å². The fourth-order valence-electron chi connectivity index (χ4n) is 4.63. The number of rotatable bonds is 13. The molecule has 0 atom stereocenters. The Balaban J connectivity index is 2.23. The van der Waals surface area contributed by atoms with Gasteiger partial charge >= 0.3 is 5.97 Å². The van der Waals surface area contributed by atoms with Crippen molar-refractivity contribution in [3.8, 4) is 5.75 Å². The van der Waals surface area contributed by atoms with Crippen LogP contribution in [0.15, 0.2) is 91.9 Å². The molecule has 0 unspecified atom stereocenters. The average molecular weight is 535 g/mol. The number of hydrogen-bond donors (Lipinski definition) is 0. The van der Waals surface area contributed by atoms with Crippen LogP contribution in [0.1, 0.15) is 16.8 Å². The first-order valence-electron chi connectivity index (χ1n) is 12.0. The van der Waals surface area contributed by atoms with Crippen molar-refractivity contribution in [1.82, 2.24) is 8.87 Å². The minimum Gasteiger partial charge on any atom is -0.497 e. The van der Waals surface area contributed by atoms with Gasteiger partial charge < -0.3 is 9.47 Å². The van der Waals surface area contributed by atoms with E-state index in [9.17, 15) is 13.2 Å². The van der Waals surface area contributed by atoms with E-state index in [2.05, 4.69) is 26.3 Å². The summed E-state index contributed by atoms with van der Waals surface area (Å²) in [7, 11) is -1.10. The molecule has 0 amide bonds. The lowest BCUT2D eigenvalue weighted by molar-refractivity contribution is -0.149. The topological polar surface area (TPSA) is 77.8 Å². The molecule has 3 rings (SSSR count). The van der Waals surface area contributed by atoms with Gasteiger partial charge in [0, 0.05) is 18.5 Å². The molecule has 0 aliphatic heterocycles. The van der Waals surface area contributed by atoms with Crippen molar-refractivity contribution in [2.75, 3.05) is 27.3 Å². The first-order valence-corrected chi connectivity index (χ1v) is 13.5. The number of methoxy groups -OCH3 is 2. The third-order valence-corrected chi connectivity index (χ3v) is 8.41. The lowest BCUT2D eigenvalue weighted by Gasteiger charge is -2.36. The van der Waals surface area contributed by atoms with Gasteiger partial charge in [0.15, 0.2) is 5.54 Å². The van der Waals surface area contributed by atoms with E-state index in [0.717, 1.165) is 11.1 Å². The van der Waals surface area contributed by atoms with Crippen molar-refractivity contribution in [3.05, 3.63) is 104 Å². The molecular weight excluding hydrogens is 500 g/mol. The van der Waals surface area contributed by atoms with E-state index in [4.69, 9.17) is 9.47 Å². The van der Waals surface area contributed by atoms with Gasteiger partial charge in [0.25, 0.3) is 10.0 Å². The molecule has 8 heteroatoms. The second-order valence-corrected chi connectivity index (χ2v) is 10.5. The summed E-state index contributed by atoms with van der Waals surface area (Å²) in [6.45, 7) is 18.0. The zero-order valence-electron chi connectivity index (χ0n) is 22.1. The summed E-state index contributed by atoms with van der Waals surface area (Å²) in [6.07, 6.45) is 6.55. The predicted octanol–water partition coefficient (Wildman–Crippen LogP) is 5.15. The minimum atomic E-state index is -3.96. The van der Waals surface area contributed by atoms with Crippen LogP contribution >= 0.6 is 0 Å². The van der Waals surface area contributed by atoms with Crippen molar-refractivity contribution < 1.29 is 22.7 Å². The van der Waals surface area contributed by atoms with Crippen LogP contribution in [0.3, 0.4) is 0 Å². The summed E-state index contributed by atoms with van der Waals surface area (Å²) in [4.78, 5) is 14.8. The third-order valence-electron chi connectivity index (χ3n) is 6.67. The summed E-state index contributed by atoms with van der Waals surface area (Å²) in [5, 5.41) is 0.703. The number of esters is 1. The fraction of sp³-hybridized carbons (Fsp3) is 0.233. The number of hydrogen-bond acceptors (Lipinski definition) is 6. The van der Waals surface area contributed by atoms with E-state index in [1.807, 2.05) is 17.9 Å². The zero-order valence-corrected chi connectivity index (χ0v) is 23.0. The van der Waals surface area contributed by atoms with E-state index < -0.39 is 21.5 Å². The fourth-order valence-corrected chi connectivity index (χ4v) is 6.18. The number of ether oxygens (including phenoxy) is 2. The van der Waals surface area contributed by atoms with Gasteiger partial charge in [-0.25, -0.2) is 17.2 Å². The second-order valence-electron chi connectivity index (χ2n) is 8.74. The van der Waals surface area contributed by atoms with E-state index in [1.54, 1.807) is 55.7 Å². The maximum absolute atomic E-state index is 13.9. The molecule has 7 nitrogen and oxygen atoms in total. The average Bonchev–Trinajstić information content (AvgIpc) is 3.25. The summed E-state index contributed by atoms with van der Waals surface area (Å²) in [5.41, 5.74) is 1.34. The molecule has 0 radical (unpaired) electrons. The van der Waals surface area contributed by atoms with Crippen LogP contribution in [-0.4, -0.2) is 56.1 Å². The molecule has 0 aliphatic carbocycles. The Morgan fingerprint density at radius 1 is 1.05 bits per heavy atom. The van der Waals surface area contributed by atoms with Crippen molar-refractivity contribution in [2.24, 2.45) is 0 Å². The highest BCUT2D eigenvalue weighted by molar-refractivity contribution is 7.90. The van der Waals surface area contributed by atoms with Crippen LogP contribution in [0.2, 0.25) is 0 Å². The van der Waals surface area contributed by atoms with Crippen molar-refractivity contribution in [2.45, 2.75) is 23.8 Å². The van der Waals surface area contributed by atoms with E-state index in [1.165, 1.54) is 23.2 Å². The Morgan fingerprint density at radius 2 is 1.71 bits per heavy atom. The molecule has 200 valence electrons. The van der Waals surface area contributed by atoms with Crippen LogP contribution in [0, 0.1) is 6.92 Å². The first kappa shape index (κ1) is 28.7. The number of aromatic nitrogens is 1. The predicted molar refractivity (Wildman–Crippen MR) is 153 cm³/mol. The Hall–Kier alpha value is -3.88. The van der Waals surface area contributed by atoms with Gasteiger partial charge in [-0.2, -0.15) is 0 Å². The summed E-state index contributed by atoms with van der Waals surface area (Å²) >= 11 is 0. The molecule has 0 bridgehead atoms. The van der Waals surface area contributed by atoms with Crippen molar-refractivity contribution in [3.63, 3.8) is 0 Å². The maximum Gasteiger partial charge on any atom is 0.334 e. The molecule has 1 heterocycles. The molecule has 0 aliphatic rings. The molecule has 0 saturated heterocycles. The van der Waals surface area contributed by atoms with E-state index >= 15 is 0 Å². The van der Waals surface area contributed by atoms with Gasteiger partial charge in [-0.3, -0.25) is 4.90 Å². The van der Waals surface area contributed by atoms with Gasteiger partial charge in [-0.05, 0) is 55.3 Å². The van der Waals surface area contributed by atoms with Gasteiger partial charge in [-0.15, -0.1) is 19.7 Å². The minimum absolute atomic E-state index is 0.168. The van der Waals surface area contributed by atoms with Crippen LogP contribution < -0.4 is 4.74 Å². The standard InChI is InChI=1S/C30H34N2O5S/c1-8-19-31(30(10-3,11-4)29(33)37-7)20-18-25-26-21-23(36-6)14-17-28(26)32(27(25)9-2)38(34,35)24-15-12-22(5)13-16-24/h8-17,21H,1-4,18-20H2,5-7H3. The molecular formula is C30H34N2O5S. The Kier molecular flexibility index (Phi) is 8.81. The number of aryl methyl sites for hydroxylation is 1. The molecule has 0 saturated carbocycles. The number of carbonyl (C=O) groups is 1. The SMILES string of the molecule is C=CCN(CCc1c(C=C)n(S(=O)(=O)c2ccc(C)cc2)c2ccc(OC)cc12)C(C=C)(C=C)C(=O)OC. The Labute approximate surface area is 225 Å². The molecule has 0 fully saturated rings. The Morgan fingerprint density at radius 3 is 2.24 bits per heavy atom. The summed E-state index contributed by atoms with van der Waals surface area (Å²) in [5.74, 6) is 0.0580. The quantitative estimate of drug-likeness (QED) is 0.223. The highest BCUT2D eigenvalue weighted by Gasteiger charge is 2.39. The van der Waals surface area contributed by atoms with Gasteiger partial charge in [0.05, 0.1) is 30.3 Å². The van der Waals surface area contributed by atoms with Crippen molar-refractivity contribution in [1.29, 1.82) is 0 Å². The molecule has 1 aromatic heterocycles. The Bertz CT molecular complexity index is 1480. The highest BCUT2D eigenvalue weighted by atomic mass is 32.2. The molecule has 0 N–H and O–H groups in total. The lowest BCUT2D eigenvalue weighted by Crippen LogP contribution is -2.53. The number of benzene rings is 2. The van der Waals surface area contributed by atoms with Crippen LogP contribution in [-0.2, 0) is 26.0 Å². The largest absolute Gasteiger partial charge is 0.497 e. The first-order chi connectivity index (χ1) is 18.1. The van der Waals surface area contributed by atoms with Crippen LogP contribution in [0.25, 0.3) is 17.0 Å². The summed E-state index contributed by atoms with van der Waals surface area (Å²) < 4.78 is 39.6. The molecule has 38 heavy (non-hydrogen) atoms. The molecule has 3 aromatic rings. The zero-order chi connectivity index (χ0) is 28.1. The summed E-state index contributed by atoms with van der Waals surface area (Å²) in [6, 6.07) is 12.0. The van der Waals surface area contributed by atoms with Gasteiger partial charge in [-0.1, -0.05) is 42.5 Å². The number of carbonyl (C=O) groups excluding carboxylic acids is 1. The lowest BCUT2D eigenvalue weighted by atomic mass is 9.96. The smallest absolute Gasteiger partial charge is 0.334 e.